The second kappa shape index (κ2) is 14.3. The predicted molar refractivity (Wildman–Crippen MR) is 173 cm³/mol. The number of esters is 1. The van der Waals surface area contributed by atoms with E-state index in [4.69, 9.17) is 25.8 Å². The maximum absolute atomic E-state index is 12.6. The molecule has 0 spiro atoms. The molecule has 1 amide bonds. The first-order chi connectivity index (χ1) is 21.3. The average molecular weight is 614 g/mol. The first-order valence-corrected chi connectivity index (χ1v) is 14.8. The molecule has 1 aliphatic rings. The molecule has 1 fully saturated rings. The topological polar surface area (TPSA) is 71.5 Å². The Kier molecular flexibility index (Phi) is 10.0. The summed E-state index contributed by atoms with van der Waals surface area (Å²) in [5.74, 6) is 0.714. The van der Waals surface area contributed by atoms with Crippen LogP contribution < -0.4 is 14.4 Å². The van der Waals surface area contributed by atoms with Gasteiger partial charge in [0.25, 0.3) is 5.91 Å². The molecule has 9 heteroatoms. The van der Waals surface area contributed by atoms with Gasteiger partial charge < -0.3 is 24.0 Å². The van der Waals surface area contributed by atoms with Crippen molar-refractivity contribution in [3.63, 3.8) is 0 Å². The Morgan fingerprint density at radius 3 is 2.30 bits per heavy atom. The zero-order chi connectivity index (χ0) is 31.1. The number of amides is 1. The molecule has 0 saturated carbocycles. The predicted octanol–water partition coefficient (Wildman–Crippen LogP) is 6.38. The molecule has 4 aromatic carbocycles. The number of piperazine rings is 1. The van der Waals surface area contributed by atoms with Gasteiger partial charge in [-0.25, -0.2) is 4.79 Å². The van der Waals surface area contributed by atoms with Gasteiger partial charge in [-0.1, -0.05) is 54.1 Å². The number of ether oxygens (including phenoxy) is 3. The highest BCUT2D eigenvalue weighted by Crippen LogP contribution is 2.33. The van der Waals surface area contributed by atoms with Crippen LogP contribution in [-0.4, -0.2) is 75.7 Å². The van der Waals surface area contributed by atoms with Crippen LogP contribution in [0.2, 0.25) is 5.02 Å². The number of carbonyl (C=O) groups excluding carboxylic acids is 2. The third-order valence-electron chi connectivity index (χ3n) is 7.57. The Morgan fingerprint density at radius 2 is 1.57 bits per heavy atom. The maximum Gasteiger partial charge on any atom is 0.341 e. The molecule has 1 aliphatic heterocycles. The van der Waals surface area contributed by atoms with Crippen molar-refractivity contribution in [2.45, 2.75) is 6.54 Å². The van der Waals surface area contributed by atoms with Crippen LogP contribution >= 0.6 is 11.6 Å². The fraction of sp³-hybridized carbons (Fsp3) is 0.257. The molecule has 4 aromatic rings. The van der Waals surface area contributed by atoms with Crippen molar-refractivity contribution in [1.29, 1.82) is 0 Å². The van der Waals surface area contributed by atoms with E-state index in [9.17, 15) is 9.59 Å². The van der Waals surface area contributed by atoms with Crippen LogP contribution in [0.25, 0.3) is 11.1 Å². The Hall–Kier alpha value is -4.53. The lowest BCUT2D eigenvalue weighted by molar-refractivity contribution is -0.130. The van der Waals surface area contributed by atoms with E-state index < -0.39 is 5.97 Å². The number of hydrogen-bond donors (Lipinski definition) is 0. The monoisotopic (exact) mass is 613 g/mol. The molecule has 0 bridgehead atoms. The summed E-state index contributed by atoms with van der Waals surface area (Å²) in [6.45, 7) is 4.18. The quantitative estimate of drug-likeness (QED) is 0.192. The van der Waals surface area contributed by atoms with Crippen molar-refractivity contribution in [2.75, 3.05) is 58.9 Å². The number of rotatable bonds is 10. The van der Waals surface area contributed by atoms with Gasteiger partial charge in [0.2, 0.25) is 0 Å². The zero-order valence-corrected chi connectivity index (χ0v) is 25.9. The van der Waals surface area contributed by atoms with E-state index in [1.54, 1.807) is 44.4 Å². The number of halogens is 1. The molecule has 0 N–H and O–H groups in total. The first-order valence-electron chi connectivity index (χ1n) is 14.4. The average Bonchev–Trinajstić information content (AvgIpc) is 3.04. The summed E-state index contributed by atoms with van der Waals surface area (Å²) in [5, 5.41) is 0.728. The summed E-state index contributed by atoms with van der Waals surface area (Å²) < 4.78 is 16.9. The summed E-state index contributed by atoms with van der Waals surface area (Å²) in [6, 6.07) is 29.0. The summed E-state index contributed by atoms with van der Waals surface area (Å²) in [6.07, 6.45) is 0. The lowest BCUT2D eigenvalue weighted by Crippen LogP contribution is -2.46. The van der Waals surface area contributed by atoms with Crippen LogP contribution in [0.15, 0.2) is 91.0 Å². The van der Waals surface area contributed by atoms with Crippen LogP contribution in [0.4, 0.5) is 5.69 Å². The summed E-state index contributed by atoms with van der Waals surface area (Å²) >= 11 is 6.12. The molecule has 0 unspecified atom stereocenters. The molecule has 0 aromatic heterocycles. The van der Waals surface area contributed by atoms with E-state index in [0.717, 1.165) is 49.0 Å². The van der Waals surface area contributed by atoms with Crippen molar-refractivity contribution in [1.82, 2.24) is 9.80 Å². The fourth-order valence-corrected chi connectivity index (χ4v) is 5.20. The van der Waals surface area contributed by atoms with Crippen molar-refractivity contribution >= 4 is 29.2 Å². The molecule has 5 rings (SSSR count). The lowest BCUT2D eigenvalue weighted by Gasteiger charge is -2.36. The Bertz CT molecular complexity index is 1600. The molecule has 8 nitrogen and oxygen atoms in total. The lowest BCUT2D eigenvalue weighted by atomic mass is 9.99. The van der Waals surface area contributed by atoms with Gasteiger partial charge >= 0.3 is 5.97 Å². The molecule has 44 heavy (non-hydrogen) atoms. The number of hydrogen-bond acceptors (Lipinski definition) is 7. The first kappa shape index (κ1) is 30.9. The third kappa shape index (κ3) is 7.70. The normalized spacial score (nSPS) is 13.3. The van der Waals surface area contributed by atoms with Gasteiger partial charge in [0.05, 0.1) is 7.11 Å². The van der Waals surface area contributed by atoms with Crippen molar-refractivity contribution in [2.24, 2.45) is 0 Å². The van der Waals surface area contributed by atoms with Gasteiger partial charge in [0.1, 0.15) is 22.8 Å². The van der Waals surface area contributed by atoms with Gasteiger partial charge in [0.15, 0.2) is 6.61 Å². The highest BCUT2D eigenvalue weighted by molar-refractivity contribution is 6.30. The second-order valence-electron chi connectivity index (χ2n) is 10.8. The van der Waals surface area contributed by atoms with Gasteiger partial charge in [-0.3, -0.25) is 9.69 Å². The van der Waals surface area contributed by atoms with Gasteiger partial charge in [0, 0.05) is 69.7 Å². The molecule has 0 atom stereocenters. The minimum absolute atomic E-state index is 0.0853. The Balaban J connectivity index is 1.27. The number of benzene rings is 4. The summed E-state index contributed by atoms with van der Waals surface area (Å²) in [4.78, 5) is 30.7. The molecular weight excluding hydrogens is 578 g/mol. The fourth-order valence-electron chi connectivity index (χ4n) is 5.07. The highest BCUT2D eigenvalue weighted by Gasteiger charge is 2.22. The van der Waals surface area contributed by atoms with E-state index in [0.29, 0.717) is 22.8 Å². The van der Waals surface area contributed by atoms with E-state index >= 15 is 0 Å². The Morgan fingerprint density at radius 1 is 0.841 bits per heavy atom. The number of anilines is 1. The van der Waals surface area contributed by atoms with E-state index in [-0.39, 0.29) is 12.5 Å². The molecule has 1 saturated heterocycles. The number of carbonyl (C=O) groups is 2. The van der Waals surface area contributed by atoms with Crippen molar-refractivity contribution in [3.05, 3.63) is 107 Å². The van der Waals surface area contributed by atoms with Gasteiger partial charge in [-0.05, 0) is 53.1 Å². The van der Waals surface area contributed by atoms with Crippen LogP contribution in [0, 0.1) is 0 Å². The van der Waals surface area contributed by atoms with Crippen LogP contribution in [0.5, 0.6) is 17.2 Å². The summed E-state index contributed by atoms with van der Waals surface area (Å²) in [5.41, 5.74) is 4.92. The van der Waals surface area contributed by atoms with Gasteiger partial charge in [-0.2, -0.15) is 0 Å². The third-order valence-corrected chi connectivity index (χ3v) is 7.82. The number of likely N-dealkylation sites (N-methyl/N-ethyl adjacent to an activating group) is 1. The summed E-state index contributed by atoms with van der Waals surface area (Å²) in [7, 11) is 4.70. The minimum atomic E-state index is -0.486. The smallest absolute Gasteiger partial charge is 0.341 e. The molecule has 0 aliphatic carbocycles. The molecule has 228 valence electrons. The van der Waals surface area contributed by atoms with Crippen LogP contribution in [0.3, 0.4) is 0 Å². The minimum Gasteiger partial charge on any atom is -0.484 e. The van der Waals surface area contributed by atoms with Gasteiger partial charge in [-0.15, -0.1) is 0 Å². The largest absolute Gasteiger partial charge is 0.484 e. The van der Waals surface area contributed by atoms with E-state index in [1.165, 1.54) is 23.1 Å². The van der Waals surface area contributed by atoms with E-state index in [1.807, 2.05) is 24.3 Å². The zero-order valence-electron chi connectivity index (χ0n) is 25.2. The van der Waals surface area contributed by atoms with Crippen LogP contribution in [-0.2, 0) is 16.1 Å². The number of nitrogens with zero attached hydrogens (tertiary/aromatic N) is 3. The van der Waals surface area contributed by atoms with Crippen LogP contribution in [0.1, 0.15) is 15.9 Å². The molecular formula is C35H36ClN3O5. The van der Waals surface area contributed by atoms with E-state index in [2.05, 4.69) is 46.2 Å². The maximum atomic E-state index is 12.6. The highest BCUT2D eigenvalue weighted by atomic mass is 35.5. The number of methoxy groups -OCH3 is 1. The molecule has 1 heterocycles. The van der Waals surface area contributed by atoms with Crippen molar-refractivity contribution in [3.8, 4) is 28.4 Å². The standard InChI is InChI=1S/C35H36ClN3O5/c1-37(2)34(40)24-43-29-8-6-9-30(22-29)44-33-21-28(15-16-32(33)35(41)42-3)39-19-17-38(18-20-39)23-26-7-4-5-10-31(26)25-11-13-27(36)14-12-25/h4-16,21-22H,17-20,23-24H2,1-3H3. The molecule has 0 radical (unpaired) electrons. The second-order valence-corrected chi connectivity index (χ2v) is 11.2. The SMILES string of the molecule is COC(=O)c1ccc(N2CCN(Cc3ccccc3-c3ccc(Cl)cc3)CC2)cc1Oc1cccc(OCC(=O)N(C)C)c1. The Labute approximate surface area is 263 Å². The van der Waals surface area contributed by atoms with Crippen molar-refractivity contribution < 1.29 is 23.8 Å².